The summed E-state index contributed by atoms with van der Waals surface area (Å²) in [6, 6.07) is 10.3. The summed E-state index contributed by atoms with van der Waals surface area (Å²) in [5, 5.41) is 10.5. The van der Waals surface area contributed by atoms with Gasteiger partial charge in [-0.2, -0.15) is 0 Å². The summed E-state index contributed by atoms with van der Waals surface area (Å²) >= 11 is 0. The van der Waals surface area contributed by atoms with Crippen LogP contribution in [0.5, 0.6) is 5.75 Å². The van der Waals surface area contributed by atoms with E-state index in [1.165, 1.54) is 6.07 Å². The quantitative estimate of drug-likeness (QED) is 0.732. The number of benzene rings is 2. The fourth-order valence-electron chi connectivity index (χ4n) is 3.76. The van der Waals surface area contributed by atoms with E-state index in [-0.39, 0.29) is 11.9 Å². The van der Waals surface area contributed by atoms with Gasteiger partial charge in [0.15, 0.2) is 0 Å². The Hall–Kier alpha value is -2.44. The molecule has 0 bridgehead atoms. The molecular formula is C21H24FN3O2. The molecule has 2 N–H and O–H groups in total. The Kier molecular flexibility index (Phi) is 4.85. The molecule has 6 heteroatoms. The van der Waals surface area contributed by atoms with Crippen LogP contribution in [-0.2, 0) is 4.74 Å². The van der Waals surface area contributed by atoms with Crippen LogP contribution in [0.3, 0.4) is 0 Å². The minimum Gasteiger partial charge on any atom is -0.507 e. The maximum Gasteiger partial charge on any atom is 0.144 e. The first-order valence-electron chi connectivity index (χ1n) is 9.29. The fraction of sp³-hybridized carbons (Fsp3) is 0.381. The molecule has 1 fully saturated rings. The summed E-state index contributed by atoms with van der Waals surface area (Å²) in [4.78, 5) is 10.3. The molecular weight excluding hydrogens is 345 g/mol. The number of rotatable bonds is 4. The van der Waals surface area contributed by atoms with E-state index in [0.29, 0.717) is 17.0 Å². The maximum absolute atomic E-state index is 13.7. The van der Waals surface area contributed by atoms with Gasteiger partial charge in [-0.3, -0.25) is 0 Å². The number of para-hydroxylation sites is 2. The molecule has 5 nitrogen and oxygen atoms in total. The van der Waals surface area contributed by atoms with Gasteiger partial charge in [-0.05, 0) is 50.6 Å². The van der Waals surface area contributed by atoms with Gasteiger partial charge in [0.1, 0.15) is 23.5 Å². The molecule has 1 atom stereocenters. The largest absolute Gasteiger partial charge is 0.507 e. The zero-order chi connectivity index (χ0) is 19.0. The molecule has 1 aliphatic rings. The van der Waals surface area contributed by atoms with Crippen LogP contribution in [0.15, 0.2) is 36.4 Å². The summed E-state index contributed by atoms with van der Waals surface area (Å²) in [5.74, 6) is 0.0578. The van der Waals surface area contributed by atoms with E-state index in [2.05, 4.69) is 21.9 Å². The van der Waals surface area contributed by atoms with E-state index < -0.39 is 11.9 Å². The molecule has 0 radical (unpaired) electrons. The second kappa shape index (κ2) is 7.29. The highest BCUT2D eigenvalue weighted by atomic mass is 19.1. The third-order valence-electron chi connectivity index (χ3n) is 5.24. The zero-order valence-electron chi connectivity index (χ0n) is 15.6. The molecule has 1 aliphatic heterocycles. The normalized spacial score (nSPS) is 17.4. The highest BCUT2D eigenvalue weighted by Crippen LogP contribution is 2.37. The van der Waals surface area contributed by atoms with Crippen molar-refractivity contribution >= 4 is 11.0 Å². The third kappa shape index (κ3) is 3.68. The average Bonchev–Trinajstić information content (AvgIpc) is 3.05. The number of ether oxygens (including phenoxy) is 1. The number of H-pyrrole nitrogens is 1. The Balaban J connectivity index is 1.75. The summed E-state index contributed by atoms with van der Waals surface area (Å²) in [6.07, 6.45) is 1.30. The van der Waals surface area contributed by atoms with Gasteiger partial charge in [0.05, 0.1) is 17.1 Å². The van der Waals surface area contributed by atoms with E-state index in [4.69, 9.17) is 4.74 Å². The number of aromatic hydroxyl groups is 1. The minimum atomic E-state index is -0.577. The molecule has 3 aromatic rings. The van der Waals surface area contributed by atoms with Crippen molar-refractivity contribution in [3.63, 3.8) is 0 Å². The molecule has 0 amide bonds. The molecule has 0 saturated carbocycles. The second-order valence-electron chi connectivity index (χ2n) is 7.31. The Labute approximate surface area is 157 Å². The molecule has 142 valence electrons. The number of piperidine rings is 1. The van der Waals surface area contributed by atoms with Crippen LogP contribution in [0, 0.1) is 12.7 Å². The second-order valence-corrected chi connectivity index (χ2v) is 7.31. The Bertz CT molecular complexity index is 891. The van der Waals surface area contributed by atoms with Crippen LogP contribution in [0.1, 0.15) is 35.9 Å². The summed E-state index contributed by atoms with van der Waals surface area (Å²) < 4.78 is 20.2. The highest BCUT2D eigenvalue weighted by molar-refractivity contribution is 5.75. The van der Waals surface area contributed by atoms with Crippen LogP contribution in [0.25, 0.3) is 11.0 Å². The monoisotopic (exact) mass is 369 g/mol. The Morgan fingerprint density at radius 2 is 2.00 bits per heavy atom. The summed E-state index contributed by atoms with van der Waals surface area (Å²) in [6.45, 7) is 3.71. The molecule has 2 heterocycles. The van der Waals surface area contributed by atoms with Gasteiger partial charge in [0.25, 0.3) is 0 Å². The standard InChI is InChI=1S/C21H24FN3O2/c1-13-11-14(22)12-18(26)19(13)20(27-15-7-9-25(2)10-8-15)21-23-16-5-3-4-6-17(16)24-21/h3-6,11-12,15,20,26H,7-10H2,1-2H3,(H,23,24). The SMILES string of the molecule is Cc1cc(F)cc(O)c1C(OC1CCN(C)CC1)c1nc2ccccc2[nH]1. The Morgan fingerprint density at radius 3 is 2.70 bits per heavy atom. The lowest BCUT2D eigenvalue weighted by Gasteiger charge is -2.32. The number of phenols is 1. The summed E-state index contributed by atoms with van der Waals surface area (Å²) in [5.41, 5.74) is 2.95. The van der Waals surface area contributed by atoms with E-state index >= 15 is 0 Å². The van der Waals surface area contributed by atoms with Crippen LogP contribution in [-0.4, -0.2) is 46.2 Å². The molecule has 0 aliphatic carbocycles. The summed E-state index contributed by atoms with van der Waals surface area (Å²) in [7, 11) is 2.10. The van der Waals surface area contributed by atoms with Gasteiger partial charge < -0.3 is 19.7 Å². The number of nitrogens with zero attached hydrogens (tertiary/aromatic N) is 2. The van der Waals surface area contributed by atoms with Crippen molar-refractivity contribution in [2.75, 3.05) is 20.1 Å². The Morgan fingerprint density at radius 1 is 1.26 bits per heavy atom. The zero-order valence-corrected chi connectivity index (χ0v) is 15.6. The average molecular weight is 369 g/mol. The molecule has 4 rings (SSSR count). The first-order valence-corrected chi connectivity index (χ1v) is 9.29. The molecule has 0 spiro atoms. The van der Waals surface area contributed by atoms with Crippen LogP contribution in [0.2, 0.25) is 0 Å². The number of nitrogens with one attached hydrogen (secondary N) is 1. The number of phenolic OH excluding ortho intramolecular Hbond substituents is 1. The molecule has 1 aromatic heterocycles. The van der Waals surface area contributed by atoms with Gasteiger partial charge >= 0.3 is 0 Å². The van der Waals surface area contributed by atoms with Gasteiger partial charge in [0.2, 0.25) is 0 Å². The number of halogens is 1. The van der Waals surface area contributed by atoms with E-state index in [1.807, 2.05) is 24.3 Å². The molecule has 1 unspecified atom stereocenters. The van der Waals surface area contributed by atoms with E-state index in [9.17, 15) is 9.50 Å². The molecule has 27 heavy (non-hydrogen) atoms. The van der Waals surface area contributed by atoms with Crippen molar-refractivity contribution in [1.82, 2.24) is 14.9 Å². The third-order valence-corrected chi connectivity index (χ3v) is 5.24. The number of aryl methyl sites for hydroxylation is 1. The maximum atomic E-state index is 13.7. The predicted molar refractivity (Wildman–Crippen MR) is 102 cm³/mol. The topological polar surface area (TPSA) is 61.4 Å². The number of aromatic amines is 1. The highest BCUT2D eigenvalue weighted by Gasteiger charge is 2.29. The number of fused-ring (bicyclic) bond motifs is 1. The fourth-order valence-corrected chi connectivity index (χ4v) is 3.76. The lowest BCUT2D eigenvalue weighted by Crippen LogP contribution is -2.35. The van der Waals surface area contributed by atoms with Gasteiger partial charge in [0, 0.05) is 24.7 Å². The minimum absolute atomic E-state index is 0.0586. The molecule has 1 saturated heterocycles. The number of aromatic nitrogens is 2. The van der Waals surface area contributed by atoms with Gasteiger partial charge in [-0.1, -0.05) is 12.1 Å². The van der Waals surface area contributed by atoms with Crippen molar-refractivity contribution in [3.05, 3.63) is 59.2 Å². The van der Waals surface area contributed by atoms with Crippen molar-refractivity contribution in [3.8, 4) is 5.75 Å². The van der Waals surface area contributed by atoms with Crippen molar-refractivity contribution in [2.24, 2.45) is 0 Å². The first-order chi connectivity index (χ1) is 13.0. The van der Waals surface area contributed by atoms with Crippen LogP contribution < -0.4 is 0 Å². The smallest absolute Gasteiger partial charge is 0.144 e. The van der Waals surface area contributed by atoms with Crippen LogP contribution >= 0.6 is 0 Å². The van der Waals surface area contributed by atoms with Gasteiger partial charge in [-0.15, -0.1) is 0 Å². The first kappa shape index (κ1) is 17.9. The lowest BCUT2D eigenvalue weighted by molar-refractivity contribution is -0.0274. The number of hydrogen-bond donors (Lipinski definition) is 2. The van der Waals surface area contributed by atoms with E-state index in [0.717, 1.165) is 43.0 Å². The number of hydrogen-bond acceptors (Lipinski definition) is 4. The van der Waals surface area contributed by atoms with Crippen molar-refractivity contribution < 1.29 is 14.2 Å². The number of imidazole rings is 1. The van der Waals surface area contributed by atoms with Crippen molar-refractivity contribution in [2.45, 2.75) is 32.0 Å². The van der Waals surface area contributed by atoms with Crippen molar-refractivity contribution in [1.29, 1.82) is 0 Å². The predicted octanol–water partition coefficient (Wildman–Crippen LogP) is 3.92. The number of likely N-dealkylation sites (tertiary alicyclic amines) is 1. The molecule has 2 aromatic carbocycles. The van der Waals surface area contributed by atoms with Gasteiger partial charge in [-0.25, -0.2) is 9.37 Å². The van der Waals surface area contributed by atoms with E-state index in [1.54, 1.807) is 6.92 Å². The van der Waals surface area contributed by atoms with Crippen LogP contribution in [0.4, 0.5) is 4.39 Å². The lowest BCUT2D eigenvalue weighted by atomic mass is 10.00.